The van der Waals surface area contributed by atoms with Gasteiger partial charge in [-0.3, -0.25) is 0 Å². The third-order valence-corrected chi connectivity index (χ3v) is 3.98. The highest BCUT2D eigenvalue weighted by atomic mass is 16.5. The van der Waals surface area contributed by atoms with E-state index in [2.05, 4.69) is 12.1 Å². The summed E-state index contributed by atoms with van der Waals surface area (Å²) in [5.74, 6) is 3.24. The number of ether oxygens (including phenoxy) is 2. The molecule has 0 aliphatic rings. The van der Waals surface area contributed by atoms with Crippen LogP contribution in [0.1, 0.15) is 0 Å². The maximum Gasteiger partial charge on any atom is 0.135 e. The van der Waals surface area contributed by atoms with Crippen LogP contribution in [-0.2, 0) is 0 Å². The van der Waals surface area contributed by atoms with Gasteiger partial charge in [0.05, 0.1) is 0 Å². The second kappa shape index (κ2) is 7.58. The fraction of sp³-hybridized carbons (Fsp3) is 0. The number of hydrogen-bond acceptors (Lipinski definition) is 2. The molecular weight excluding hydrogens is 320 g/mol. The van der Waals surface area contributed by atoms with Crippen molar-refractivity contribution < 1.29 is 9.47 Å². The van der Waals surface area contributed by atoms with E-state index < -0.39 is 0 Å². The van der Waals surface area contributed by atoms with Crippen LogP contribution in [0.3, 0.4) is 0 Å². The monoisotopic (exact) mass is 338 g/mol. The fourth-order valence-corrected chi connectivity index (χ4v) is 2.76. The van der Waals surface area contributed by atoms with Crippen LogP contribution in [0.4, 0.5) is 0 Å². The second-order valence-electron chi connectivity index (χ2n) is 5.85. The summed E-state index contributed by atoms with van der Waals surface area (Å²) >= 11 is 0. The Kier molecular flexibility index (Phi) is 4.66. The molecule has 4 rings (SSSR count). The molecule has 26 heavy (non-hydrogen) atoms. The van der Waals surface area contributed by atoms with Crippen molar-refractivity contribution in [2.75, 3.05) is 0 Å². The van der Waals surface area contributed by atoms with E-state index in [9.17, 15) is 0 Å². The van der Waals surface area contributed by atoms with Crippen LogP contribution in [0, 0.1) is 0 Å². The number of hydrogen-bond donors (Lipinski definition) is 0. The molecule has 0 spiro atoms. The van der Waals surface area contributed by atoms with Gasteiger partial charge in [0.1, 0.15) is 23.0 Å². The minimum Gasteiger partial charge on any atom is -0.457 e. The number of rotatable bonds is 5. The predicted molar refractivity (Wildman–Crippen MR) is 105 cm³/mol. The van der Waals surface area contributed by atoms with Gasteiger partial charge in [-0.25, -0.2) is 0 Å². The van der Waals surface area contributed by atoms with Gasteiger partial charge in [0.15, 0.2) is 0 Å². The molecule has 0 heterocycles. The van der Waals surface area contributed by atoms with E-state index in [1.165, 1.54) is 0 Å². The fourth-order valence-electron chi connectivity index (χ4n) is 2.76. The molecule has 0 amide bonds. The third kappa shape index (κ3) is 3.76. The van der Waals surface area contributed by atoms with Gasteiger partial charge in [0.2, 0.25) is 0 Å². The topological polar surface area (TPSA) is 18.5 Å². The van der Waals surface area contributed by atoms with Gasteiger partial charge in [-0.2, -0.15) is 0 Å². The molecular formula is C24H18O2. The highest BCUT2D eigenvalue weighted by molar-refractivity contribution is 5.72. The Morgan fingerprint density at radius 2 is 1.00 bits per heavy atom. The van der Waals surface area contributed by atoms with Crippen LogP contribution >= 0.6 is 0 Å². The molecule has 0 saturated carbocycles. The number of para-hydroxylation sites is 3. The molecule has 0 atom stereocenters. The van der Waals surface area contributed by atoms with E-state index in [4.69, 9.17) is 9.47 Å². The Balaban J connectivity index is 1.65. The summed E-state index contributed by atoms with van der Waals surface area (Å²) in [5, 5.41) is 0. The van der Waals surface area contributed by atoms with Gasteiger partial charge in [0.25, 0.3) is 0 Å². The van der Waals surface area contributed by atoms with Crippen LogP contribution < -0.4 is 9.47 Å². The summed E-state index contributed by atoms with van der Waals surface area (Å²) in [6, 6.07) is 35.6. The van der Waals surface area contributed by atoms with Gasteiger partial charge in [0, 0.05) is 5.56 Å². The van der Waals surface area contributed by atoms with Gasteiger partial charge in [-0.05, 0) is 48.0 Å². The minimum atomic E-state index is 0.795. The largest absolute Gasteiger partial charge is 0.457 e. The zero-order valence-corrected chi connectivity index (χ0v) is 14.2. The first-order valence-electron chi connectivity index (χ1n) is 8.54. The van der Waals surface area contributed by atoms with E-state index in [0.29, 0.717) is 0 Å². The van der Waals surface area contributed by atoms with Gasteiger partial charge in [-0.15, -0.1) is 0 Å². The molecule has 126 valence electrons. The summed E-state index contributed by atoms with van der Waals surface area (Å²) in [5.41, 5.74) is 2.07. The van der Waals surface area contributed by atoms with E-state index >= 15 is 0 Å². The minimum absolute atomic E-state index is 0.795. The maximum absolute atomic E-state index is 6.08. The molecule has 4 aromatic rings. The SMILES string of the molecule is c1ccc(Oc2cccc(-c3ccccc3Oc3ccccc3)c2)cc1. The van der Waals surface area contributed by atoms with E-state index in [0.717, 1.165) is 34.1 Å². The third-order valence-electron chi connectivity index (χ3n) is 3.98. The zero-order chi connectivity index (χ0) is 17.6. The Morgan fingerprint density at radius 1 is 0.423 bits per heavy atom. The smallest absolute Gasteiger partial charge is 0.135 e. The van der Waals surface area contributed by atoms with Crippen LogP contribution in [0.15, 0.2) is 109 Å². The lowest BCUT2D eigenvalue weighted by molar-refractivity contribution is 0.481. The van der Waals surface area contributed by atoms with Crippen LogP contribution in [0.25, 0.3) is 11.1 Å². The molecule has 0 aliphatic carbocycles. The van der Waals surface area contributed by atoms with Crippen molar-refractivity contribution in [1.82, 2.24) is 0 Å². The molecule has 0 fully saturated rings. The van der Waals surface area contributed by atoms with Crippen LogP contribution in [0.2, 0.25) is 0 Å². The average Bonchev–Trinajstić information content (AvgIpc) is 2.70. The summed E-state index contributed by atoms with van der Waals surface area (Å²) in [4.78, 5) is 0. The first-order valence-corrected chi connectivity index (χ1v) is 8.54. The quantitative estimate of drug-likeness (QED) is 0.392. The van der Waals surface area contributed by atoms with Crippen LogP contribution in [-0.4, -0.2) is 0 Å². The molecule has 0 saturated heterocycles. The Morgan fingerprint density at radius 3 is 1.73 bits per heavy atom. The van der Waals surface area contributed by atoms with Crippen molar-refractivity contribution in [2.45, 2.75) is 0 Å². The molecule has 0 unspecified atom stereocenters. The van der Waals surface area contributed by atoms with Crippen LogP contribution in [0.5, 0.6) is 23.0 Å². The lowest BCUT2D eigenvalue weighted by Crippen LogP contribution is -1.89. The zero-order valence-electron chi connectivity index (χ0n) is 14.2. The van der Waals surface area contributed by atoms with Crippen molar-refractivity contribution >= 4 is 0 Å². The molecule has 2 nitrogen and oxygen atoms in total. The van der Waals surface area contributed by atoms with Gasteiger partial charge < -0.3 is 9.47 Å². The van der Waals surface area contributed by atoms with Gasteiger partial charge >= 0.3 is 0 Å². The lowest BCUT2D eigenvalue weighted by atomic mass is 10.0. The summed E-state index contributed by atoms with van der Waals surface area (Å²) in [6.45, 7) is 0. The Hall–Kier alpha value is -3.52. The van der Waals surface area contributed by atoms with E-state index in [1.807, 2.05) is 97.1 Å². The Bertz CT molecular complexity index is 979. The molecule has 0 bridgehead atoms. The first-order chi connectivity index (χ1) is 12.9. The molecule has 0 aromatic heterocycles. The molecule has 0 radical (unpaired) electrons. The van der Waals surface area contributed by atoms with E-state index in [1.54, 1.807) is 0 Å². The van der Waals surface area contributed by atoms with Gasteiger partial charge in [-0.1, -0.05) is 66.7 Å². The standard InChI is InChI=1S/C24H18O2/c1-3-11-20(12-4-1)25-22-15-9-10-19(18-22)23-16-7-8-17-24(23)26-21-13-5-2-6-14-21/h1-18H. The normalized spacial score (nSPS) is 10.3. The highest BCUT2D eigenvalue weighted by Gasteiger charge is 2.08. The molecule has 4 aromatic carbocycles. The second-order valence-corrected chi connectivity index (χ2v) is 5.85. The van der Waals surface area contributed by atoms with Crippen molar-refractivity contribution in [1.29, 1.82) is 0 Å². The Labute approximate surface area is 153 Å². The maximum atomic E-state index is 6.08. The summed E-state index contributed by atoms with van der Waals surface area (Å²) in [6.07, 6.45) is 0. The van der Waals surface area contributed by atoms with Crippen molar-refractivity contribution in [3.63, 3.8) is 0 Å². The summed E-state index contributed by atoms with van der Waals surface area (Å²) < 4.78 is 12.0. The predicted octanol–water partition coefficient (Wildman–Crippen LogP) is 6.94. The first kappa shape index (κ1) is 16.0. The van der Waals surface area contributed by atoms with Crippen molar-refractivity contribution in [2.24, 2.45) is 0 Å². The molecule has 0 aliphatic heterocycles. The van der Waals surface area contributed by atoms with Crippen molar-refractivity contribution in [3.8, 4) is 34.1 Å². The molecule has 0 N–H and O–H groups in total. The average molecular weight is 338 g/mol. The van der Waals surface area contributed by atoms with E-state index in [-0.39, 0.29) is 0 Å². The lowest BCUT2D eigenvalue weighted by Gasteiger charge is -2.12. The highest BCUT2D eigenvalue weighted by Crippen LogP contribution is 2.35. The summed E-state index contributed by atoms with van der Waals surface area (Å²) in [7, 11) is 0. The molecule has 2 heteroatoms. The number of benzene rings is 4. The van der Waals surface area contributed by atoms with Crippen molar-refractivity contribution in [3.05, 3.63) is 109 Å².